The van der Waals surface area contributed by atoms with Crippen LogP contribution in [0.1, 0.15) is 57.4 Å². The third kappa shape index (κ3) is 6.88. The fourth-order valence-electron chi connectivity index (χ4n) is 3.50. The van der Waals surface area contributed by atoms with E-state index in [1.54, 1.807) is 6.08 Å². The van der Waals surface area contributed by atoms with Crippen molar-refractivity contribution in [1.29, 1.82) is 5.26 Å². The third-order valence-electron chi connectivity index (χ3n) is 5.02. The minimum Gasteiger partial charge on any atom is -0.426 e. The number of rotatable bonds is 8. The van der Waals surface area contributed by atoms with Gasteiger partial charge in [0.1, 0.15) is 5.75 Å². The topological polar surface area (TPSA) is 50.1 Å². The first-order valence-corrected chi connectivity index (χ1v) is 9.74. The summed E-state index contributed by atoms with van der Waals surface area (Å²) in [5, 5.41) is 8.41. The van der Waals surface area contributed by atoms with Crippen molar-refractivity contribution in [2.75, 3.05) is 0 Å². The summed E-state index contributed by atoms with van der Waals surface area (Å²) >= 11 is 0. The zero-order chi connectivity index (χ0) is 18.6. The summed E-state index contributed by atoms with van der Waals surface area (Å²) < 4.78 is 5.57. The standard InChI is InChI=1S/C23H29NO2/c1-2-8-19-12-16-22(17-13-19)26-23(25)21-14-10-20(11-15-21)9-6-4-3-5-7-18-24/h3-5,7,12-13,16-17,20-21H,2,6,8-11,14-15H2,1H3. The summed E-state index contributed by atoms with van der Waals surface area (Å²) in [7, 11) is 0. The summed E-state index contributed by atoms with van der Waals surface area (Å²) in [6.07, 6.45) is 15.7. The van der Waals surface area contributed by atoms with Crippen LogP contribution in [0.3, 0.4) is 0 Å². The second kappa shape index (κ2) is 11.3. The fraction of sp³-hybridized carbons (Fsp3) is 0.478. The number of nitrogens with zero attached hydrogens (tertiary/aromatic N) is 1. The van der Waals surface area contributed by atoms with Gasteiger partial charge in [0.2, 0.25) is 0 Å². The highest BCUT2D eigenvalue weighted by Crippen LogP contribution is 2.32. The molecule has 0 aromatic heterocycles. The normalized spacial score (nSPS) is 20.3. The maximum absolute atomic E-state index is 12.4. The maximum atomic E-state index is 12.4. The average molecular weight is 351 g/mol. The molecule has 3 nitrogen and oxygen atoms in total. The Morgan fingerprint density at radius 1 is 1.19 bits per heavy atom. The Hall–Kier alpha value is -2.34. The summed E-state index contributed by atoms with van der Waals surface area (Å²) in [4.78, 5) is 12.4. The molecule has 0 heterocycles. The molecule has 2 rings (SSSR count). The Morgan fingerprint density at radius 2 is 1.92 bits per heavy atom. The lowest BCUT2D eigenvalue weighted by molar-refractivity contribution is -0.140. The smallest absolute Gasteiger partial charge is 0.314 e. The lowest BCUT2D eigenvalue weighted by Crippen LogP contribution is -2.25. The van der Waals surface area contributed by atoms with Crippen LogP contribution in [-0.2, 0) is 11.2 Å². The highest BCUT2D eigenvalue weighted by atomic mass is 16.5. The predicted octanol–water partition coefficient (Wildman–Crippen LogP) is 5.77. The summed E-state index contributed by atoms with van der Waals surface area (Å²) in [6.45, 7) is 2.16. The van der Waals surface area contributed by atoms with Gasteiger partial charge < -0.3 is 4.74 Å². The van der Waals surface area contributed by atoms with E-state index in [0.29, 0.717) is 11.7 Å². The molecule has 0 atom stereocenters. The molecule has 1 aromatic carbocycles. The van der Waals surface area contributed by atoms with Crippen LogP contribution in [0.4, 0.5) is 0 Å². The predicted molar refractivity (Wildman–Crippen MR) is 105 cm³/mol. The van der Waals surface area contributed by atoms with E-state index in [4.69, 9.17) is 10.00 Å². The number of esters is 1. The molecule has 0 aliphatic heterocycles. The van der Waals surface area contributed by atoms with Gasteiger partial charge in [-0.05, 0) is 68.6 Å². The Labute approximate surface area is 157 Å². The largest absolute Gasteiger partial charge is 0.426 e. The van der Waals surface area contributed by atoms with Gasteiger partial charge in [-0.2, -0.15) is 5.26 Å². The summed E-state index contributed by atoms with van der Waals surface area (Å²) in [5.74, 6) is 1.31. The first-order valence-electron chi connectivity index (χ1n) is 9.74. The van der Waals surface area contributed by atoms with E-state index in [-0.39, 0.29) is 11.9 Å². The molecule has 1 aliphatic carbocycles. The van der Waals surface area contributed by atoms with Crippen LogP contribution in [-0.4, -0.2) is 5.97 Å². The molecule has 1 saturated carbocycles. The molecule has 1 aliphatic rings. The van der Waals surface area contributed by atoms with Crippen molar-refractivity contribution in [3.05, 3.63) is 54.1 Å². The molecule has 1 aromatic rings. The number of allylic oxidation sites excluding steroid dienone is 4. The number of hydrogen-bond acceptors (Lipinski definition) is 3. The maximum Gasteiger partial charge on any atom is 0.314 e. The van der Waals surface area contributed by atoms with E-state index in [0.717, 1.165) is 51.4 Å². The molecular weight excluding hydrogens is 322 g/mol. The average Bonchev–Trinajstić information content (AvgIpc) is 2.67. The molecule has 0 unspecified atom stereocenters. The minimum atomic E-state index is -0.0757. The van der Waals surface area contributed by atoms with Crippen molar-refractivity contribution >= 4 is 5.97 Å². The number of carbonyl (C=O) groups excluding carboxylic acids is 1. The summed E-state index contributed by atoms with van der Waals surface area (Å²) in [6, 6.07) is 9.87. The van der Waals surface area contributed by atoms with Gasteiger partial charge in [0, 0.05) is 6.08 Å². The van der Waals surface area contributed by atoms with Crippen molar-refractivity contribution in [2.24, 2.45) is 11.8 Å². The van der Waals surface area contributed by atoms with E-state index in [1.807, 2.05) is 36.4 Å². The molecule has 1 fully saturated rings. The van der Waals surface area contributed by atoms with Crippen LogP contribution in [0.15, 0.2) is 48.6 Å². The van der Waals surface area contributed by atoms with Gasteiger partial charge in [-0.15, -0.1) is 0 Å². The number of nitriles is 1. The van der Waals surface area contributed by atoms with Crippen LogP contribution in [0, 0.1) is 23.2 Å². The second-order valence-electron chi connectivity index (χ2n) is 7.03. The molecule has 138 valence electrons. The van der Waals surface area contributed by atoms with E-state index in [9.17, 15) is 4.79 Å². The molecule has 0 N–H and O–H groups in total. The van der Waals surface area contributed by atoms with E-state index >= 15 is 0 Å². The van der Waals surface area contributed by atoms with Gasteiger partial charge in [-0.25, -0.2) is 0 Å². The Balaban J connectivity index is 1.70. The highest BCUT2D eigenvalue weighted by molar-refractivity contribution is 5.75. The first kappa shape index (κ1) is 20.0. The van der Waals surface area contributed by atoms with Crippen LogP contribution in [0.25, 0.3) is 0 Å². The van der Waals surface area contributed by atoms with E-state index < -0.39 is 0 Å². The van der Waals surface area contributed by atoms with Crippen LogP contribution in [0.2, 0.25) is 0 Å². The molecule has 0 radical (unpaired) electrons. The molecule has 26 heavy (non-hydrogen) atoms. The van der Waals surface area contributed by atoms with Crippen molar-refractivity contribution in [3.63, 3.8) is 0 Å². The zero-order valence-electron chi connectivity index (χ0n) is 15.7. The number of aryl methyl sites for hydroxylation is 1. The Morgan fingerprint density at radius 3 is 2.58 bits per heavy atom. The Bertz CT molecular complexity index is 644. The van der Waals surface area contributed by atoms with Crippen molar-refractivity contribution in [3.8, 4) is 11.8 Å². The monoisotopic (exact) mass is 351 g/mol. The zero-order valence-corrected chi connectivity index (χ0v) is 15.7. The van der Waals surface area contributed by atoms with Gasteiger partial charge in [0.05, 0.1) is 12.0 Å². The molecule has 0 amide bonds. The van der Waals surface area contributed by atoms with Crippen LogP contribution < -0.4 is 4.74 Å². The van der Waals surface area contributed by atoms with Crippen molar-refractivity contribution < 1.29 is 9.53 Å². The van der Waals surface area contributed by atoms with Crippen molar-refractivity contribution in [2.45, 2.75) is 58.3 Å². The lowest BCUT2D eigenvalue weighted by Gasteiger charge is -2.26. The first-order chi connectivity index (χ1) is 12.7. The fourth-order valence-corrected chi connectivity index (χ4v) is 3.50. The third-order valence-corrected chi connectivity index (χ3v) is 5.02. The highest BCUT2D eigenvalue weighted by Gasteiger charge is 2.27. The number of carbonyl (C=O) groups is 1. The Kier molecular flexibility index (Phi) is 8.69. The molecule has 0 bridgehead atoms. The van der Waals surface area contributed by atoms with Gasteiger partial charge in [-0.3, -0.25) is 4.79 Å². The minimum absolute atomic E-state index is 0.0377. The van der Waals surface area contributed by atoms with E-state index in [1.165, 1.54) is 11.6 Å². The second-order valence-corrected chi connectivity index (χ2v) is 7.03. The number of hydrogen-bond donors (Lipinski definition) is 0. The summed E-state index contributed by atoms with van der Waals surface area (Å²) in [5.41, 5.74) is 1.28. The molecule has 0 spiro atoms. The van der Waals surface area contributed by atoms with Gasteiger partial charge >= 0.3 is 5.97 Å². The lowest BCUT2D eigenvalue weighted by atomic mass is 9.80. The van der Waals surface area contributed by atoms with Crippen LogP contribution in [0.5, 0.6) is 5.75 Å². The molecule has 0 saturated heterocycles. The van der Waals surface area contributed by atoms with Gasteiger partial charge in [-0.1, -0.05) is 43.7 Å². The molecular formula is C23H29NO2. The molecule has 3 heteroatoms. The quantitative estimate of drug-likeness (QED) is 0.259. The van der Waals surface area contributed by atoms with E-state index in [2.05, 4.69) is 13.0 Å². The van der Waals surface area contributed by atoms with Crippen LogP contribution >= 0.6 is 0 Å². The number of benzene rings is 1. The van der Waals surface area contributed by atoms with Crippen molar-refractivity contribution in [1.82, 2.24) is 0 Å². The van der Waals surface area contributed by atoms with Gasteiger partial charge in [0.25, 0.3) is 0 Å². The SMILES string of the molecule is CCCc1ccc(OC(=O)C2CCC(CCC=CC=CC#N)CC2)cc1. The number of ether oxygens (including phenoxy) is 1. The van der Waals surface area contributed by atoms with Gasteiger partial charge in [0.15, 0.2) is 0 Å².